The Balaban J connectivity index is 2.18. The van der Waals surface area contributed by atoms with Gasteiger partial charge in [0, 0.05) is 13.1 Å². The minimum absolute atomic E-state index is 0.653. The number of rotatable bonds is 0. The Morgan fingerprint density at radius 1 is 1.67 bits per heavy atom. The molecule has 1 fully saturated rings. The fraction of sp³-hybridized carbons (Fsp3) is 1.00. The molecule has 0 amide bonds. The van der Waals surface area contributed by atoms with Crippen molar-refractivity contribution in [3.8, 4) is 0 Å². The van der Waals surface area contributed by atoms with Crippen molar-refractivity contribution in [2.45, 2.75) is 6.42 Å². The highest BCUT2D eigenvalue weighted by Gasteiger charge is 1.96. The second-order valence-corrected chi connectivity index (χ2v) is 1.36. The summed E-state index contributed by atoms with van der Waals surface area (Å²) in [6.45, 7) is 1.50. The Morgan fingerprint density at radius 2 is 2.50 bits per heavy atom. The van der Waals surface area contributed by atoms with E-state index in [9.17, 15) is 5.21 Å². The fourth-order valence-electron chi connectivity index (χ4n) is 0.505. The third-order valence-electron chi connectivity index (χ3n) is 0.826. The summed E-state index contributed by atoms with van der Waals surface area (Å²) >= 11 is 0. The molecule has 0 aromatic heterocycles. The molecule has 36 valence electrons. The number of nitrogens with zero attached hydrogens (tertiary/aromatic N) is 1. The van der Waals surface area contributed by atoms with Gasteiger partial charge in [0.2, 0.25) is 0 Å². The van der Waals surface area contributed by atoms with E-state index < -0.39 is 0 Å². The summed E-state index contributed by atoms with van der Waals surface area (Å²) in [4.78, 5) is 0. The van der Waals surface area contributed by atoms with Crippen LogP contribution in [0.5, 0.6) is 0 Å². The molecule has 3 heteroatoms. The van der Waals surface area contributed by atoms with Gasteiger partial charge in [0.15, 0.2) is 0 Å². The molecule has 0 aromatic rings. The third kappa shape index (κ3) is 0.680. The van der Waals surface area contributed by atoms with Crippen LogP contribution < -0.4 is 5.43 Å². The van der Waals surface area contributed by atoms with Crippen molar-refractivity contribution in [2.75, 3.05) is 13.1 Å². The van der Waals surface area contributed by atoms with Crippen molar-refractivity contribution >= 4 is 0 Å². The summed E-state index contributed by atoms with van der Waals surface area (Å²) in [5.74, 6) is 0. The average molecular weight is 87.1 g/mol. The Kier molecular flexibility index (Phi) is 1.05. The van der Waals surface area contributed by atoms with E-state index in [1.54, 1.807) is 0 Å². The first kappa shape index (κ1) is 4.05. The summed E-state index contributed by atoms with van der Waals surface area (Å²) in [6, 6.07) is 0. The predicted molar refractivity (Wildman–Crippen MR) is 22.7 cm³/mol. The van der Waals surface area contributed by atoms with Gasteiger partial charge in [-0.3, -0.25) is 5.43 Å². The van der Waals surface area contributed by atoms with Crippen LogP contribution in [0.2, 0.25) is 0 Å². The van der Waals surface area contributed by atoms with E-state index in [1.165, 1.54) is 0 Å². The standard InChI is InChI=1S/C3H7N2O/c6-5-3-1-2-4-5/h4H,1-3H2/q-1. The number of hydroxylamine groups is 1. The van der Waals surface area contributed by atoms with E-state index in [-0.39, 0.29) is 0 Å². The molecule has 0 aliphatic carbocycles. The highest BCUT2D eigenvalue weighted by Crippen LogP contribution is 1.89. The second-order valence-electron chi connectivity index (χ2n) is 1.36. The number of hydrogen-bond acceptors (Lipinski definition) is 3. The van der Waals surface area contributed by atoms with Crippen molar-refractivity contribution in [1.29, 1.82) is 0 Å². The monoisotopic (exact) mass is 87.1 g/mol. The van der Waals surface area contributed by atoms with E-state index in [2.05, 4.69) is 5.43 Å². The molecule has 1 N–H and O–H groups in total. The SMILES string of the molecule is [O-]N1CCCN1. The molecule has 0 spiro atoms. The van der Waals surface area contributed by atoms with Crippen LogP contribution in [0.25, 0.3) is 0 Å². The molecule has 0 atom stereocenters. The number of hydrazine groups is 1. The molecule has 1 aliphatic rings. The molecule has 1 rings (SSSR count). The van der Waals surface area contributed by atoms with Crippen molar-refractivity contribution in [1.82, 2.24) is 10.6 Å². The maximum Gasteiger partial charge on any atom is 0.0105 e. The molecular formula is C3H7N2O-. The summed E-state index contributed by atoms with van der Waals surface area (Å²) in [5.41, 5.74) is 2.60. The lowest BCUT2D eigenvalue weighted by atomic mass is 10.5. The molecule has 6 heavy (non-hydrogen) atoms. The summed E-state index contributed by atoms with van der Waals surface area (Å²) in [6.07, 6.45) is 0.990. The quantitative estimate of drug-likeness (QED) is 0.440. The van der Waals surface area contributed by atoms with Crippen LogP contribution >= 0.6 is 0 Å². The zero-order valence-electron chi connectivity index (χ0n) is 3.48. The summed E-state index contributed by atoms with van der Waals surface area (Å²) < 4.78 is 0. The lowest BCUT2D eigenvalue weighted by Gasteiger charge is -2.19. The van der Waals surface area contributed by atoms with Gasteiger partial charge in [-0.2, -0.15) is 0 Å². The van der Waals surface area contributed by atoms with Crippen molar-refractivity contribution < 1.29 is 0 Å². The molecule has 0 bridgehead atoms. The largest absolute Gasteiger partial charge is 0.772 e. The zero-order chi connectivity index (χ0) is 4.41. The molecule has 1 saturated heterocycles. The van der Waals surface area contributed by atoms with Gasteiger partial charge < -0.3 is 10.4 Å². The number of nitrogens with one attached hydrogen (secondary N) is 1. The lowest BCUT2D eigenvalue weighted by Crippen LogP contribution is -2.23. The Labute approximate surface area is 36.5 Å². The molecule has 0 saturated carbocycles. The molecule has 0 radical (unpaired) electrons. The zero-order valence-corrected chi connectivity index (χ0v) is 3.48. The Bertz CT molecular complexity index is 42.1. The van der Waals surface area contributed by atoms with E-state index in [1.807, 2.05) is 0 Å². The molecule has 1 aliphatic heterocycles. The molecular weight excluding hydrogens is 80.0 g/mol. The summed E-state index contributed by atoms with van der Waals surface area (Å²) in [7, 11) is 0. The number of hydrogen-bond donors (Lipinski definition) is 1. The maximum atomic E-state index is 10.0. The van der Waals surface area contributed by atoms with Crippen LogP contribution in [0.3, 0.4) is 0 Å². The van der Waals surface area contributed by atoms with Gasteiger partial charge in [-0.25, -0.2) is 0 Å². The average Bonchev–Trinajstić information content (AvgIpc) is 1.86. The molecule has 0 aromatic carbocycles. The maximum absolute atomic E-state index is 10.0. The van der Waals surface area contributed by atoms with Crippen LogP contribution in [0.15, 0.2) is 0 Å². The van der Waals surface area contributed by atoms with Gasteiger partial charge in [-0.15, -0.1) is 0 Å². The highest BCUT2D eigenvalue weighted by molar-refractivity contribution is 4.59. The smallest absolute Gasteiger partial charge is 0.0105 e. The minimum atomic E-state index is 0.653. The first-order valence-electron chi connectivity index (χ1n) is 2.08. The van der Waals surface area contributed by atoms with Crippen LogP contribution in [0.4, 0.5) is 0 Å². The van der Waals surface area contributed by atoms with Gasteiger partial charge >= 0.3 is 0 Å². The highest BCUT2D eigenvalue weighted by atomic mass is 16.5. The molecule has 3 nitrogen and oxygen atoms in total. The van der Waals surface area contributed by atoms with Crippen LogP contribution in [0, 0.1) is 5.21 Å². The van der Waals surface area contributed by atoms with E-state index in [0.717, 1.165) is 18.1 Å². The van der Waals surface area contributed by atoms with Crippen molar-refractivity contribution in [3.05, 3.63) is 5.21 Å². The van der Waals surface area contributed by atoms with E-state index in [4.69, 9.17) is 0 Å². The van der Waals surface area contributed by atoms with Crippen LogP contribution in [0.1, 0.15) is 6.42 Å². The van der Waals surface area contributed by atoms with Crippen molar-refractivity contribution in [2.24, 2.45) is 0 Å². The van der Waals surface area contributed by atoms with Gasteiger partial charge in [0.25, 0.3) is 0 Å². The second kappa shape index (κ2) is 1.55. The third-order valence-corrected chi connectivity index (χ3v) is 0.826. The van der Waals surface area contributed by atoms with E-state index >= 15 is 0 Å². The Morgan fingerprint density at radius 3 is 2.67 bits per heavy atom. The van der Waals surface area contributed by atoms with Crippen molar-refractivity contribution in [3.63, 3.8) is 0 Å². The fourth-order valence-corrected chi connectivity index (χ4v) is 0.505. The molecule has 0 unspecified atom stereocenters. The first-order valence-corrected chi connectivity index (χ1v) is 2.08. The normalized spacial score (nSPS) is 25.5. The topological polar surface area (TPSA) is 38.3 Å². The van der Waals surface area contributed by atoms with Crippen LogP contribution in [-0.4, -0.2) is 18.3 Å². The van der Waals surface area contributed by atoms with Gasteiger partial charge in [-0.1, -0.05) is 0 Å². The van der Waals surface area contributed by atoms with E-state index in [0.29, 0.717) is 6.54 Å². The van der Waals surface area contributed by atoms with Gasteiger partial charge in [-0.05, 0) is 6.42 Å². The lowest BCUT2D eigenvalue weighted by molar-refractivity contribution is 0.361. The van der Waals surface area contributed by atoms with Crippen LogP contribution in [-0.2, 0) is 0 Å². The minimum Gasteiger partial charge on any atom is -0.772 e. The van der Waals surface area contributed by atoms with Gasteiger partial charge in [0.1, 0.15) is 0 Å². The van der Waals surface area contributed by atoms with Gasteiger partial charge in [0.05, 0.1) is 0 Å². The summed E-state index contributed by atoms with van der Waals surface area (Å²) in [5, 5.41) is 10.9. The molecule has 1 heterocycles. The predicted octanol–water partition coefficient (Wildman–Crippen LogP) is -0.306. The first-order chi connectivity index (χ1) is 2.89. The Hall–Kier alpha value is -0.120.